The summed E-state index contributed by atoms with van der Waals surface area (Å²) in [5.41, 5.74) is 1.17. The predicted molar refractivity (Wildman–Crippen MR) is 130 cm³/mol. The first kappa shape index (κ1) is 26.2. The number of amides is 2. The van der Waals surface area contributed by atoms with Crippen molar-refractivity contribution in [2.24, 2.45) is 0 Å². The SMILES string of the molecule is CC[C@H](C)NC(=O)[C@H](C)N(Cc1ccccc1)C(=O)CN(c1ccc(OC)cc1)S(C)(=O)=O. The highest BCUT2D eigenvalue weighted by Gasteiger charge is 2.30. The summed E-state index contributed by atoms with van der Waals surface area (Å²) in [6.45, 7) is 5.25. The normalized spacial score (nSPS) is 13.0. The average Bonchev–Trinajstić information content (AvgIpc) is 2.80. The van der Waals surface area contributed by atoms with Gasteiger partial charge in [-0.05, 0) is 50.1 Å². The predicted octanol–water partition coefficient (Wildman–Crippen LogP) is 2.79. The van der Waals surface area contributed by atoms with Crippen molar-refractivity contribution in [1.82, 2.24) is 10.2 Å². The fraction of sp³-hybridized carbons (Fsp3) is 0.417. The van der Waals surface area contributed by atoms with E-state index >= 15 is 0 Å². The van der Waals surface area contributed by atoms with Crippen LogP contribution in [-0.2, 0) is 26.2 Å². The van der Waals surface area contributed by atoms with Crippen LogP contribution < -0.4 is 14.4 Å². The number of ether oxygens (including phenoxy) is 1. The van der Waals surface area contributed by atoms with Gasteiger partial charge in [0.2, 0.25) is 21.8 Å². The molecule has 2 aromatic rings. The van der Waals surface area contributed by atoms with E-state index in [1.54, 1.807) is 31.2 Å². The summed E-state index contributed by atoms with van der Waals surface area (Å²) in [5, 5.41) is 2.90. The maximum absolute atomic E-state index is 13.4. The molecule has 33 heavy (non-hydrogen) atoms. The van der Waals surface area contributed by atoms with Crippen LogP contribution in [0.4, 0.5) is 5.69 Å². The Hall–Kier alpha value is -3.07. The highest BCUT2D eigenvalue weighted by atomic mass is 32.2. The minimum Gasteiger partial charge on any atom is -0.497 e. The zero-order chi connectivity index (χ0) is 24.6. The molecule has 0 radical (unpaired) electrons. The molecule has 2 aromatic carbocycles. The van der Waals surface area contributed by atoms with Crippen molar-refractivity contribution in [2.75, 3.05) is 24.2 Å². The van der Waals surface area contributed by atoms with E-state index in [9.17, 15) is 18.0 Å². The van der Waals surface area contributed by atoms with Gasteiger partial charge in [-0.1, -0.05) is 37.3 Å². The molecule has 0 aliphatic rings. The molecule has 8 nitrogen and oxygen atoms in total. The first-order chi connectivity index (χ1) is 15.6. The fourth-order valence-corrected chi connectivity index (χ4v) is 4.04. The molecular formula is C24H33N3O5S. The number of hydrogen-bond donors (Lipinski definition) is 1. The molecule has 2 amide bonds. The summed E-state index contributed by atoms with van der Waals surface area (Å²) in [4.78, 5) is 27.6. The Kier molecular flexibility index (Phi) is 9.28. The van der Waals surface area contributed by atoms with Gasteiger partial charge in [-0.15, -0.1) is 0 Å². The summed E-state index contributed by atoms with van der Waals surface area (Å²) < 4.78 is 31.2. The first-order valence-electron chi connectivity index (χ1n) is 10.8. The van der Waals surface area contributed by atoms with Crippen LogP contribution in [0, 0.1) is 0 Å². The van der Waals surface area contributed by atoms with Crippen molar-refractivity contribution in [3.8, 4) is 5.75 Å². The van der Waals surface area contributed by atoms with Crippen molar-refractivity contribution >= 4 is 27.5 Å². The molecular weight excluding hydrogens is 442 g/mol. The molecule has 2 atom stereocenters. The highest BCUT2D eigenvalue weighted by Crippen LogP contribution is 2.22. The number of anilines is 1. The third kappa shape index (κ3) is 7.49. The lowest BCUT2D eigenvalue weighted by molar-refractivity contribution is -0.139. The largest absolute Gasteiger partial charge is 0.497 e. The number of carbonyl (C=O) groups excluding carboxylic acids is 2. The molecule has 0 bridgehead atoms. The number of methoxy groups -OCH3 is 1. The number of hydrogen-bond acceptors (Lipinski definition) is 5. The number of carbonyl (C=O) groups is 2. The van der Waals surface area contributed by atoms with Gasteiger partial charge in [-0.25, -0.2) is 8.42 Å². The number of sulfonamides is 1. The second kappa shape index (κ2) is 11.7. The Labute approximate surface area is 196 Å². The summed E-state index contributed by atoms with van der Waals surface area (Å²) in [6, 6.07) is 14.9. The first-order valence-corrected chi connectivity index (χ1v) is 12.7. The number of nitrogens with one attached hydrogen (secondary N) is 1. The molecule has 0 spiro atoms. The summed E-state index contributed by atoms with van der Waals surface area (Å²) in [7, 11) is -2.25. The van der Waals surface area contributed by atoms with E-state index in [-0.39, 0.29) is 18.5 Å². The molecule has 9 heteroatoms. The molecule has 2 rings (SSSR count). The van der Waals surface area contributed by atoms with Crippen molar-refractivity contribution in [2.45, 2.75) is 45.8 Å². The Morgan fingerprint density at radius 3 is 2.15 bits per heavy atom. The zero-order valence-corrected chi connectivity index (χ0v) is 20.6. The minimum absolute atomic E-state index is 0.0413. The third-order valence-corrected chi connectivity index (χ3v) is 6.54. The van der Waals surface area contributed by atoms with Gasteiger partial charge in [0.1, 0.15) is 18.3 Å². The smallest absolute Gasteiger partial charge is 0.244 e. The van der Waals surface area contributed by atoms with E-state index in [1.807, 2.05) is 44.2 Å². The molecule has 0 saturated carbocycles. The van der Waals surface area contributed by atoms with E-state index in [0.29, 0.717) is 11.4 Å². The van der Waals surface area contributed by atoms with E-state index in [1.165, 1.54) is 12.0 Å². The van der Waals surface area contributed by atoms with E-state index in [0.717, 1.165) is 22.5 Å². The van der Waals surface area contributed by atoms with Crippen LogP contribution in [-0.4, -0.2) is 57.1 Å². The molecule has 0 fully saturated rings. The lowest BCUT2D eigenvalue weighted by Crippen LogP contribution is -2.52. The van der Waals surface area contributed by atoms with Crippen molar-refractivity contribution < 1.29 is 22.7 Å². The highest BCUT2D eigenvalue weighted by molar-refractivity contribution is 7.92. The van der Waals surface area contributed by atoms with Crippen LogP contribution >= 0.6 is 0 Å². The van der Waals surface area contributed by atoms with Crippen LogP contribution in [0.3, 0.4) is 0 Å². The molecule has 180 valence electrons. The van der Waals surface area contributed by atoms with Gasteiger partial charge in [0, 0.05) is 12.6 Å². The van der Waals surface area contributed by atoms with Gasteiger partial charge in [0.05, 0.1) is 19.1 Å². The second-order valence-electron chi connectivity index (χ2n) is 7.97. The Morgan fingerprint density at radius 2 is 1.64 bits per heavy atom. The maximum atomic E-state index is 13.4. The average molecular weight is 476 g/mol. The Balaban J connectivity index is 2.34. The lowest BCUT2D eigenvalue weighted by atomic mass is 10.1. The second-order valence-corrected chi connectivity index (χ2v) is 9.88. The standard InChI is InChI=1S/C24H33N3O5S/c1-6-18(2)25-24(29)19(3)26(16-20-10-8-7-9-11-20)23(28)17-27(33(5,30)31)21-12-14-22(32-4)15-13-21/h7-15,18-19H,6,16-17H2,1-5H3,(H,25,29)/t18-,19-/m0/s1. The molecule has 0 aliphatic carbocycles. The molecule has 1 N–H and O–H groups in total. The van der Waals surface area contributed by atoms with Crippen LogP contribution in [0.5, 0.6) is 5.75 Å². The van der Waals surface area contributed by atoms with Gasteiger partial charge < -0.3 is 15.0 Å². The van der Waals surface area contributed by atoms with Gasteiger partial charge in [-0.3, -0.25) is 13.9 Å². The number of nitrogens with zero attached hydrogens (tertiary/aromatic N) is 2. The Morgan fingerprint density at radius 1 is 1.03 bits per heavy atom. The lowest BCUT2D eigenvalue weighted by Gasteiger charge is -2.32. The van der Waals surface area contributed by atoms with Crippen molar-refractivity contribution in [1.29, 1.82) is 0 Å². The summed E-state index contributed by atoms with van der Waals surface area (Å²) in [5.74, 6) is -0.199. The fourth-order valence-electron chi connectivity index (χ4n) is 3.19. The van der Waals surface area contributed by atoms with E-state index in [4.69, 9.17) is 4.74 Å². The zero-order valence-electron chi connectivity index (χ0n) is 19.8. The van der Waals surface area contributed by atoms with Gasteiger partial charge in [-0.2, -0.15) is 0 Å². The van der Waals surface area contributed by atoms with Crippen LogP contribution in [0.2, 0.25) is 0 Å². The van der Waals surface area contributed by atoms with Crippen LogP contribution in [0.25, 0.3) is 0 Å². The van der Waals surface area contributed by atoms with Crippen molar-refractivity contribution in [3.63, 3.8) is 0 Å². The third-order valence-electron chi connectivity index (χ3n) is 5.40. The molecule has 0 heterocycles. The van der Waals surface area contributed by atoms with E-state index in [2.05, 4.69) is 5.32 Å². The molecule has 0 unspecified atom stereocenters. The van der Waals surface area contributed by atoms with Gasteiger partial charge >= 0.3 is 0 Å². The summed E-state index contributed by atoms with van der Waals surface area (Å²) in [6.07, 6.45) is 1.80. The Bertz CT molecular complexity index is 1030. The monoisotopic (exact) mass is 475 g/mol. The quantitative estimate of drug-likeness (QED) is 0.539. The van der Waals surface area contributed by atoms with E-state index < -0.39 is 28.5 Å². The number of benzene rings is 2. The molecule has 0 aromatic heterocycles. The van der Waals surface area contributed by atoms with Crippen molar-refractivity contribution in [3.05, 3.63) is 60.2 Å². The van der Waals surface area contributed by atoms with Gasteiger partial charge in [0.15, 0.2) is 0 Å². The van der Waals surface area contributed by atoms with Crippen LogP contribution in [0.15, 0.2) is 54.6 Å². The minimum atomic E-state index is -3.76. The van der Waals surface area contributed by atoms with Gasteiger partial charge in [0.25, 0.3) is 0 Å². The molecule has 0 aliphatic heterocycles. The summed E-state index contributed by atoms with van der Waals surface area (Å²) >= 11 is 0. The van der Waals surface area contributed by atoms with Crippen LogP contribution in [0.1, 0.15) is 32.8 Å². The molecule has 0 saturated heterocycles. The maximum Gasteiger partial charge on any atom is 0.244 e. The topological polar surface area (TPSA) is 96.0 Å². The number of rotatable bonds is 11.